The van der Waals surface area contributed by atoms with Crippen LogP contribution in [0.1, 0.15) is 32.1 Å². The van der Waals surface area contributed by atoms with Gasteiger partial charge in [0.2, 0.25) is 5.91 Å². The van der Waals surface area contributed by atoms with Crippen LogP contribution in [0.5, 0.6) is 0 Å². The average molecular weight is 236 g/mol. The third-order valence-electron chi connectivity index (χ3n) is 3.24. The first-order chi connectivity index (χ1) is 8.15. The summed E-state index contributed by atoms with van der Waals surface area (Å²) in [7, 11) is 0. The van der Waals surface area contributed by atoms with Crippen molar-refractivity contribution in [1.82, 2.24) is 0 Å². The van der Waals surface area contributed by atoms with E-state index in [9.17, 15) is 9.18 Å². The number of benzene rings is 1. The molecule has 1 saturated carbocycles. The highest BCUT2D eigenvalue weighted by molar-refractivity contribution is 5.93. The molecule has 1 aliphatic carbocycles. The molecule has 1 fully saturated rings. The molecule has 1 aromatic rings. The van der Waals surface area contributed by atoms with Crippen molar-refractivity contribution < 1.29 is 9.18 Å². The Balaban J connectivity index is 1.95. The quantitative estimate of drug-likeness (QED) is 0.793. The zero-order valence-electron chi connectivity index (χ0n) is 9.71. The van der Waals surface area contributed by atoms with Crippen molar-refractivity contribution in [3.63, 3.8) is 0 Å². The minimum Gasteiger partial charge on any atom is -0.397 e. The van der Waals surface area contributed by atoms with Crippen LogP contribution in [0.4, 0.5) is 15.8 Å². The van der Waals surface area contributed by atoms with Gasteiger partial charge in [0.25, 0.3) is 0 Å². The summed E-state index contributed by atoms with van der Waals surface area (Å²) in [6, 6.07) is 3.99. The first kappa shape index (κ1) is 11.9. The second-order valence-corrected chi connectivity index (χ2v) is 4.63. The van der Waals surface area contributed by atoms with E-state index in [1.54, 1.807) is 0 Å². The number of nitrogens with two attached hydrogens (primary N) is 1. The van der Waals surface area contributed by atoms with Gasteiger partial charge in [0, 0.05) is 6.42 Å². The van der Waals surface area contributed by atoms with Crippen molar-refractivity contribution in [2.24, 2.45) is 5.92 Å². The maximum Gasteiger partial charge on any atom is 0.224 e. The molecule has 4 heteroatoms. The Morgan fingerprint density at radius 3 is 2.82 bits per heavy atom. The van der Waals surface area contributed by atoms with E-state index in [0.717, 1.165) is 12.8 Å². The molecule has 0 bridgehead atoms. The molecule has 1 aliphatic rings. The Labute approximate surface area is 100 Å². The van der Waals surface area contributed by atoms with E-state index in [2.05, 4.69) is 5.32 Å². The Morgan fingerprint density at radius 2 is 2.12 bits per heavy atom. The van der Waals surface area contributed by atoms with Crippen LogP contribution >= 0.6 is 0 Å². The van der Waals surface area contributed by atoms with Crippen LogP contribution in [0.2, 0.25) is 0 Å². The molecule has 17 heavy (non-hydrogen) atoms. The lowest BCUT2D eigenvalue weighted by molar-refractivity contribution is -0.117. The Morgan fingerprint density at radius 1 is 1.41 bits per heavy atom. The number of rotatable bonds is 3. The van der Waals surface area contributed by atoms with E-state index in [-0.39, 0.29) is 5.91 Å². The average Bonchev–Trinajstić information content (AvgIpc) is 2.76. The summed E-state index contributed by atoms with van der Waals surface area (Å²) >= 11 is 0. The molecule has 0 saturated heterocycles. The molecule has 0 heterocycles. The number of halogens is 1. The van der Waals surface area contributed by atoms with Gasteiger partial charge in [0.1, 0.15) is 5.82 Å². The number of nitrogens with one attached hydrogen (secondary N) is 1. The van der Waals surface area contributed by atoms with Gasteiger partial charge in [-0.15, -0.1) is 0 Å². The van der Waals surface area contributed by atoms with Gasteiger partial charge in [0.05, 0.1) is 11.4 Å². The Kier molecular flexibility index (Phi) is 3.61. The molecule has 2 rings (SSSR count). The molecule has 0 radical (unpaired) electrons. The summed E-state index contributed by atoms with van der Waals surface area (Å²) < 4.78 is 13.0. The zero-order valence-corrected chi connectivity index (χ0v) is 9.71. The molecular weight excluding hydrogens is 219 g/mol. The van der Waals surface area contributed by atoms with Gasteiger partial charge in [-0.2, -0.15) is 0 Å². The summed E-state index contributed by atoms with van der Waals surface area (Å²) in [6.07, 6.45) is 5.16. The van der Waals surface area contributed by atoms with Crippen LogP contribution in [-0.4, -0.2) is 5.91 Å². The van der Waals surface area contributed by atoms with E-state index in [0.29, 0.717) is 23.7 Å². The highest BCUT2D eigenvalue weighted by Crippen LogP contribution is 2.28. The molecule has 1 aromatic carbocycles. The fourth-order valence-electron chi connectivity index (χ4n) is 2.31. The third-order valence-corrected chi connectivity index (χ3v) is 3.24. The van der Waals surface area contributed by atoms with Gasteiger partial charge in [-0.25, -0.2) is 4.39 Å². The fraction of sp³-hybridized carbons (Fsp3) is 0.462. The van der Waals surface area contributed by atoms with Gasteiger partial charge in [-0.05, 0) is 37.0 Å². The molecule has 0 unspecified atom stereocenters. The molecule has 0 aromatic heterocycles. The smallest absolute Gasteiger partial charge is 0.224 e. The van der Waals surface area contributed by atoms with Gasteiger partial charge < -0.3 is 11.1 Å². The fourth-order valence-corrected chi connectivity index (χ4v) is 2.31. The number of hydrogen-bond acceptors (Lipinski definition) is 2. The standard InChI is InChI=1S/C13H17FN2O/c14-10-5-6-11(15)12(8-10)16-13(17)7-9-3-1-2-4-9/h5-6,8-9H,1-4,7,15H2,(H,16,17). The summed E-state index contributed by atoms with van der Waals surface area (Å²) in [5.74, 6) is 0.00866. The molecule has 0 atom stereocenters. The van der Waals surface area contributed by atoms with E-state index >= 15 is 0 Å². The molecule has 3 nitrogen and oxygen atoms in total. The first-order valence-electron chi connectivity index (χ1n) is 6.00. The topological polar surface area (TPSA) is 55.1 Å². The number of hydrogen-bond donors (Lipinski definition) is 2. The van der Waals surface area contributed by atoms with E-state index in [1.807, 2.05) is 0 Å². The van der Waals surface area contributed by atoms with E-state index in [4.69, 9.17) is 5.73 Å². The largest absolute Gasteiger partial charge is 0.397 e. The lowest BCUT2D eigenvalue weighted by atomic mass is 10.0. The van der Waals surface area contributed by atoms with Crippen LogP contribution in [0.15, 0.2) is 18.2 Å². The summed E-state index contributed by atoms with van der Waals surface area (Å²) in [5.41, 5.74) is 6.43. The number of nitrogen functional groups attached to an aromatic ring is 1. The van der Waals surface area contributed by atoms with Gasteiger partial charge in [-0.1, -0.05) is 12.8 Å². The summed E-state index contributed by atoms with van der Waals surface area (Å²) in [6.45, 7) is 0. The van der Waals surface area contributed by atoms with Gasteiger partial charge >= 0.3 is 0 Å². The first-order valence-corrected chi connectivity index (χ1v) is 6.00. The molecule has 92 valence electrons. The number of carbonyl (C=O) groups excluding carboxylic acids is 1. The van der Waals surface area contributed by atoms with Crippen molar-refractivity contribution in [3.05, 3.63) is 24.0 Å². The number of anilines is 2. The van der Waals surface area contributed by atoms with Gasteiger partial charge in [0.15, 0.2) is 0 Å². The number of carbonyl (C=O) groups is 1. The van der Waals surface area contributed by atoms with Crippen LogP contribution in [-0.2, 0) is 4.79 Å². The Hall–Kier alpha value is -1.58. The van der Waals surface area contributed by atoms with Crippen LogP contribution in [0, 0.1) is 11.7 Å². The molecule has 0 aliphatic heterocycles. The van der Waals surface area contributed by atoms with Crippen LogP contribution in [0.3, 0.4) is 0 Å². The predicted molar refractivity (Wildman–Crippen MR) is 66.0 cm³/mol. The molecular formula is C13H17FN2O. The van der Waals surface area contributed by atoms with Crippen molar-refractivity contribution in [1.29, 1.82) is 0 Å². The molecule has 0 spiro atoms. The lowest BCUT2D eigenvalue weighted by Gasteiger charge is -2.11. The minimum absolute atomic E-state index is 0.0748. The minimum atomic E-state index is -0.393. The highest BCUT2D eigenvalue weighted by Gasteiger charge is 2.18. The van der Waals surface area contributed by atoms with Crippen molar-refractivity contribution in [2.45, 2.75) is 32.1 Å². The normalized spacial score (nSPS) is 16.1. The summed E-state index contributed by atoms with van der Waals surface area (Å²) in [4.78, 5) is 11.7. The van der Waals surface area contributed by atoms with E-state index < -0.39 is 5.82 Å². The second kappa shape index (κ2) is 5.17. The van der Waals surface area contributed by atoms with Crippen molar-refractivity contribution in [2.75, 3.05) is 11.1 Å². The molecule has 3 N–H and O–H groups in total. The van der Waals surface area contributed by atoms with Gasteiger partial charge in [-0.3, -0.25) is 4.79 Å². The maximum absolute atomic E-state index is 13.0. The van der Waals surface area contributed by atoms with Crippen LogP contribution < -0.4 is 11.1 Å². The third kappa shape index (κ3) is 3.19. The SMILES string of the molecule is Nc1ccc(F)cc1NC(=O)CC1CCCC1. The maximum atomic E-state index is 13.0. The summed E-state index contributed by atoms with van der Waals surface area (Å²) in [5, 5.41) is 2.67. The highest BCUT2D eigenvalue weighted by atomic mass is 19.1. The Bertz CT molecular complexity index is 414. The molecule has 1 amide bonds. The predicted octanol–water partition coefficient (Wildman–Crippen LogP) is 2.93. The number of amides is 1. The van der Waals surface area contributed by atoms with Crippen LogP contribution in [0.25, 0.3) is 0 Å². The van der Waals surface area contributed by atoms with Crippen molar-refractivity contribution >= 4 is 17.3 Å². The lowest BCUT2D eigenvalue weighted by Crippen LogP contribution is -2.16. The van der Waals surface area contributed by atoms with Crippen molar-refractivity contribution in [3.8, 4) is 0 Å². The zero-order chi connectivity index (χ0) is 12.3. The van der Waals surface area contributed by atoms with E-state index in [1.165, 1.54) is 31.0 Å². The second-order valence-electron chi connectivity index (χ2n) is 4.63. The monoisotopic (exact) mass is 236 g/mol.